The Bertz CT molecular complexity index is 380. The van der Waals surface area contributed by atoms with Crippen LogP contribution in [-0.4, -0.2) is 11.1 Å². The Morgan fingerprint density at radius 3 is 2.29 bits per heavy atom. The summed E-state index contributed by atoms with van der Waals surface area (Å²) in [6, 6.07) is 7.71. The molecule has 0 unspecified atom stereocenters. The van der Waals surface area contributed by atoms with E-state index in [1.807, 2.05) is 24.3 Å². The molecule has 1 fully saturated rings. The summed E-state index contributed by atoms with van der Waals surface area (Å²) in [5, 5.41) is 9.44. The lowest BCUT2D eigenvalue weighted by Gasteiger charge is -2.27. The van der Waals surface area contributed by atoms with Crippen molar-refractivity contribution >= 4 is 21.9 Å². The van der Waals surface area contributed by atoms with E-state index in [2.05, 4.69) is 15.9 Å². The lowest BCUT2D eigenvalue weighted by molar-refractivity contribution is -0.140. The fourth-order valence-electron chi connectivity index (χ4n) is 2.75. The third kappa shape index (κ3) is 3.09. The average molecular weight is 297 g/mol. The second-order valence-corrected chi connectivity index (χ2v) is 5.68. The minimum Gasteiger partial charge on any atom is -0.481 e. The minimum atomic E-state index is -0.681. The molecule has 1 aromatic carbocycles. The van der Waals surface area contributed by atoms with Gasteiger partial charge in [-0.25, -0.2) is 0 Å². The molecular weight excluding hydrogens is 280 g/mol. The quantitative estimate of drug-likeness (QED) is 0.908. The van der Waals surface area contributed by atoms with Crippen LogP contribution in [-0.2, 0) is 4.79 Å². The molecule has 17 heavy (non-hydrogen) atoms. The molecule has 0 bridgehead atoms. The first-order valence-corrected chi connectivity index (χ1v) is 6.96. The van der Waals surface area contributed by atoms with Gasteiger partial charge in [0, 0.05) is 4.47 Å². The summed E-state index contributed by atoms with van der Waals surface area (Å²) < 4.78 is 0.994. The van der Waals surface area contributed by atoms with Crippen LogP contribution in [0.3, 0.4) is 0 Å². The first kappa shape index (κ1) is 12.6. The van der Waals surface area contributed by atoms with Gasteiger partial charge in [-0.05, 0) is 36.5 Å². The SMILES string of the molecule is O=C(O)[C@H](c1ccc(Br)cc1)C1CCCCC1. The second kappa shape index (κ2) is 5.67. The van der Waals surface area contributed by atoms with Gasteiger partial charge in [0.05, 0.1) is 5.92 Å². The smallest absolute Gasteiger partial charge is 0.311 e. The van der Waals surface area contributed by atoms with Crippen LogP contribution in [0.5, 0.6) is 0 Å². The molecule has 1 N–H and O–H groups in total. The molecule has 0 aliphatic heterocycles. The summed E-state index contributed by atoms with van der Waals surface area (Å²) in [5.41, 5.74) is 0.938. The average Bonchev–Trinajstić information content (AvgIpc) is 2.33. The molecule has 1 saturated carbocycles. The molecule has 3 heteroatoms. The van der Waals surface area contributed by atoms with Gasteiger partial charge >= 0.3 is 5.97 Å². The highest BCUT2D eigenvalue weighted by molar-refractivity contribution is 9.10. The maximum absolute atomic E-state index is 11.5. The van der Waals surface area contributed by atoms with Gasteiger partial charge in [-0.1, -0.05) is 47.3 Å². The first-order chi connectivity index (χ1) is 8.18. The van der Waals surface area contributed by atoms with Gasteiger partial charge < -0.3 is 5.11 Å². The van der Waals surface area contributed by atoms with Crippen LogP contribution < -0.4 is 0 Å². The van der Waals surface area contributed by atoms with Gasteiger partial charge in [-0.3, -0.25) is 4.79 Å². The Morgan fingerprint density at radius 1 is 1.18 bits per heavy atom. The number of carbonyl (C=O) groups is 1. The van der Waals surface area contributed by atoms with Crippen molar-refractivity contribution in [2.45, 2.75) is 38.0 Å². The Hall–Kier alpha value is -0.830. The molecule has 0 saturated heterocycles. The van der Waals surface area contributed by atoms with Crippen LogP contribution in [0, 0.1) is 5.92 Å². The predicted octanol–water partition coefficient (Wildman–Crippen LogP) is 4.20. The third-order valence-corrected chi connectivity index (χ3v) is 4.15. The predicted molar refractivity (Wildman–Crippen MR) is 71.1 cm³/mol. The zero-order valence-electron chi connectivity index (χ0n) is 9.73. The number of aliphatic carboxylic acids is 1. The van der Waals surface area contributed by atoms with Gasteiger partial charge in [0.2, 0.25) is 0 Å². The van der Waals surface area contributed by atoms with Crippen LogP contribution in [0.4, 0.5) is 0 Å². The van der Waals surface area contributed by atoms with E-state index >= 15 is 0 Å². The number of carboxylic acid groups (broad SMARTS) is 1. The number of hydrogen-bond donors (Lipinski definition) is 1. The van der Waals surface area contributed by atoms with E-state index < -0.39 is 5.97 Å². The molecule has 0 spiro atoms. The summed E-state index contributed by atoms with van der Waals surface area (Å²) in [7, 11) is 0. The molecule has 92 valence electrons. The molecule has 1 aliphatic carbocycles. The van der Waals surface area contributed by atoms with Crippen LogP contribution in [0.1, 0.15) is 43.6 Å². The van der Waals surface area contributed by atoms with Crippen molar-refractivity contribution in [3.05, 3.63) is 34.3 Å². The van der Waals surface area contributed by atoms with Crippen molar-refractivity contribution in [2.24, 2.45) is 5.92 Å². The molecule has 0 heterocycles. The lowest BCUT2D eigenvalue weighted by atomic mass is 9.77. The van der Waals surface area contributed by atoms with Crippen molar-refractivity contribution in [3.8, 4) is 0 Å². The van der Waals surface area contributed by atoms with Gasteiger partial charge in [0.15, 0.2) is 0 Å². The summed E-state index contributed by atoms with van der Waals surface area (Å²) >= 11 is 3.38. The number of rotatable bonds is 3. The highest BCUT2D eigenvalue weighted by Gasteiger charge is 2.30. The molecule has 1 aliphatic rings. The minimum absolute atomic E-state index is 0.308. The summed E-state index contributed by atoms with van der Waals surface area (Å²) in [6.45, 7) is 0. The molecule has 1 aromatic rings. The van der Waals surface area contributed by atoms with Crippen molar-refractivity contribution in [1.29, 1.82) is 0 Å². The second-order valence-electron chi connectivity index (χ2n) is 4.77. The van der Waals surface area contributed by atoms with E-state index in [1.54, 1.807) is 0 Å². The van der Waals surface area contributed by atoms with Gasteiger partial charge in [-0.2, -0.15) is 0 Å². The van der Waals surface area contributed by atoms with Gasteiger partial charge in [-0.15, -0.1) is 0 Å². The maximum Gasteiger partial charge on any atom is 0.311 e. The first-order valence-electron chi connectivity index (χ1n) is 6.17. The number of halogens is 1. The molecule has 0 amide bonds. The zero-order valence-corrected chi connectivity index (χ0v) is 11.3. The van der Waals surface area contributed by atoms with E-state index in [4.69, 9.17) is 0 Å². The molecular formula is C14H17BrO2. The molecule has 2 rings (SSSR count). The molecule has 1 atom stereocenters. The number of carboxylic acids is 1. The van der Waals surface area contributed by atoms with Gasteiger partial charge in [0.1, 0.15) is 0 Å². The van der Waals surface area contributed by atoms with E-state index in [0.29, 0.717) is 5.92 Å². The van der Waals surface area contributed by atoms with Crippen LogP contribution in [0.15, 0.2) is 28.7 Å². The van der Waals surface area contributed by atoms with Crippen LogP contribution in [0.25, 0.3) is 0 Å². The summed E-state index contributed by atoms with van der Waals surface area (Å²) in [4.78, 5) is 11.5. The fourth-order valence-corrected chi connectivity index (χ4v) is 3.02. The Morgan fingerprint density at radius 2 is 1.76 bits per heavy atom. The fraction of sp³-hybridized carbons (Fsp3) is 0.500. The van der Waals surface area contributed by atoms with Crippen LogP contribution in [0.2, 0.25) is 0 Å². The van der Waals surface area contributed by atoms with E-state index in [9.17, 15) is 9.90 Å². The number of benzene rings is 1. The Labute approximate surface area is 110 Å². The van der Waals surface area contributed by atoms with Gasteiger partial charge in [0.25, 0.3) is 0 Å². The highest BCUT2D eigenvalue weighted by atomic mass is 79.9. The normalized spacial score (nSPS) is 18.9. The summed E-state index contributed by atoms with van der Waals surface area (Å²) in [6.07, 6.45) is 5.69. The zero-order chi connectivity index (χ0) is 12.3. The van der Waals surface area contributed by atoms with Crippen molar-refractivity contribution in [2.75, 3.05) is 0 Å². The van der Waals surface area contributed by atoms with E-state index in [-0.39, 0.29) is 5.92 Å². The molecule has 2 nitrogen and oxygen atoms in total. The largest absolute Gasteiger partial charge is 0.481 e. The lowest BCUT2D eigenvalue weighted by Crippen LogP contribution is -2.23. The third-order valence-electron chi connectivity index (χ3n) is 3.62. The topological polar surface area (TPSA) is 37.3 Å². The summed E-state index contributed by atoms with van der Waals surface area (Å²) in [5.74, 6) is -0.704. The molecule has 0 aromatic heterocycles. The van der Waals surface area contributed by atoms with Crippen molar-refractivity contribution in [3.63, 3.8) is 0 Å². The van der Waals surface area contributed by atoms with E-state index in [1.165, 1.54) is 19.3 Å². The van der Waals surface area contributed by atoms with E-state index in [0.717, 1.165) is 22.9 Å². The Kier molecular flexibility index (Phi) is 4.21. The highest BCUT2D eigenvalue weighted by Crippen LogP contribution is 2.36. The van der Waals surface area contributed by atoms with Crippen LogP contribution >= 0.6 is 15.9 Å². The van der Waals surface area contributed by atoms with Crippen molar-refractivity contribution in [1.82, 2.24) is 0 Å². The standard InChI is InChI=1S/C14H17BrO2/c15-12-8-6-11(7-9-12)13(14(16)17)10-4-2-1-3-5-10/h6-10,13H,1-5H2,(H,16,17)/t13-/m0/s1. The maximum atomic E-state index is 11.5. The molecule has 0 radical (unpaired) electrons. The monoisotopic (exact) mass is 296 g/mol. The Balaban J connectivity index is 2.21. The van der Waals surface area contributed by atoms with Crippen molar-refractivity contribution < 1.29 is 9.90 Å². The number of hydrogen-bond acceptors (Lipinski definition) is 1.